The highest BCUT2D eigenvalue weighted by Crippen LogP contribution is 2.28. The van der Waals surface area contributed by atoms with Crippen LogP contribution in [0, 0.1) is 0 Å². The maximum atomic E-state index is 12.2. The van der Waals surface area contributed by atoms with Gasteiger partial charge in [0.2, 0.25) is 0 Å². The Morgan fingerprint density at radius 2 is 1.95 bits per heavy atom. The summed E-state index contributed by atoms with van der Waals surface area (Å²) in [6, 6.07) is 12.7. The number of amides is 1. The van der Waals surface area contributed by atoms with Gasteiger partial charge in [0.15, 0.2) is 0 Å². The molecule has 0 unspecified atom stereocenters. The molecule has 0 saturated heterocycles. The van der Waals surface area contributed by atoms with E-state index in [4.69, 9.17) is 16.3 Å². The number of nitrogens with one attached hydrogen (secondary N) is 1. The number of halogens is 1. The van der Waals surface area contributed by atoms with E-state index in [2.05, 4.69) is 5.32 Å². The van der Waals surface area contributed by atoms with Crippen LogP contribution in [0.1, 0.15) is 15.9 Å². The van der Waals surface area contributed by atoms with Crippen molar-refractivity contribution in [2.24, 2.45) is 0 Å². The van der Waals surface area contributed by atoms with Gasteiger partial charge in [0, 0.05) is 16.3 Å². The van der Waals surface area contributed by atoms with Crippen molar-refractivity contribution >= 4 is 35.0 Å². The molecule has 0 atom stereocenters. The van der Waals surface area contributed by atoms with Crippen molar-refractivity contribution in [2.45, 2.75) is 5.75 Å². The molecular formula is C16H16ClNO2S. The third-order valence-electron chi connectivity index (χ3n) is 2.94. The molecule has 0 aromatic heterocycles. The minimum Gasteiger partial charge on any atom is -0.495 e. The van der Waals surface area contributed by atoms with Gasteiger partial charge in [-0.2, -0.15) is 11.8 Å². The molecule has 3 nitrogen and oxygen atoms in total. The van der Waals surface area contributed by atoms with E-state index >= 15 is 0 Å². The van der Waals surface area contributed by atoms with Gasteiger partial charge in [-0.25, -0.2) is 0 Å². The first-order chi connectivity index (χ1) is 10.1. The van der Waals surface area contributed by atoms with Crippen LogP contribution in [0.4, 0.5) is 5.69 Å². The summed E-state index contributed by atoms with van der Waals surface area (Å²) in [6.07, 6.45) is 2.05. The molecule has 0 bridgehead atoms. The molecule has 0 radical (unpaired) electrons. The molecule has 21 heavy (non-hydrogen) atoms. The number of ether oxygens (including phenoxy) is 1. The number of hydrogen-bond donors (Lipinski definition) is 1. The Balaban J connectivity index is 2.15. The zero-order chi connectivity index (χ0) is 15.2. The Bertz CT molecular complexity index is 629. The molecular weight excluding hydrogens is 306 g/mol. The minimum atomic E-state index is -0.189. The van der Waals surface area contributed by atoms with E-state index in [1.54, 1.807) is 37.1 Å². The normalized spacial score (nSPS) is 10.2. The molecule has 0 aliphatic rings. The van der Waals surface area contributed by atoms with Crippen molar-refractivity contribution < 1.29 is 9.53 Å². The summed E-state index contributed by atoms with van der Waals surface area (Å²) in [5.74, 6) is 1.32. The van der Waals surface area contributed by atoms with Gasteiger partial charge in [-0.15, -0.1) is 0 Å². The van der Waals surface area contributed by atoms with E-state index < -0.39 is 0 Å². The second kappa shape index (κ2) is 7.38. The maximum Gasteiger partial charge on any atom is 0.255 e. The summed E-state index contributed by atoms with van der Waals surface area (Å²) < 4.78 is 5.21. The lowest BCUT2D eigenvalue weighted by atomic mass is 10.1. The topological polar surface area (TPSA) is 38.3 Å². The van der Waals surface area contributed by atoms with Crippen LogP contribution in [0.3, 0.4) is 0 Å². The van der Waals surface area contributed by atoms with Gasteiger partial charge in [-0.05, 0) is 42.2 Å². The van der Waals surface area contributed by atoms with Gasteiger partial charge < -0.3 is 10.1 Å². The van der Waals surface area contributed by atoms with Gasteiger partial charge in [0.05, 0.1) is 12.8 Å². The molecule has 2 aromatic carbocycles. The molecule has 110 valence electrons. The van der Waals surface area contributed by atoms with E-state index in [1.807, 2.05) is 30.5 Å². The maximum absolute atomic E-state index is 12.2. The Labute approximate surface area is 133 Å². The smallest absolute Gasteiger partial charge is 0.255 e. The van der Waals surface area contributed by atoms with Crippen LogP contribution in [-0.2, 0) is 5.75 Å². The number of benzene rings is 2. The van der Waals surface area contributed by atoms with Crippen LogP contribution in [0.2, 0.25) is 5.02 Å². The number of carbonyl (C=O) groups is 1. The highest BCUT2D eigenvalue weighted by molar-refractivity contribution is 7.97. The minimum absolute atomic E-state index is 0.189. The Morgan fingerprint density at radius 3 is 2.57 bits per heavy atom. The number of anilines is 1. The van der Waals surface area contributed by atoms with Gasteiger partial charge >= 0.3 is 0 Å². The summed E-state index contributed by atoms with van der Waals surface area (Å²) in [7, 11) is 1.55. The van der Waals surface area contributed by atoms with Crippen molar-refractivity contribution in [3.05, 3.63) is 58.6 Å². The molecule has 0 spiro atoms. The van der Waals surface area contributed by atoms with Crippen molar-refractivity contribution in [1.82, 2.24) is 0 Å². The fourth-order valence-corrected chi connectivity index (χ4v) is 2.59. The summed E-state index contributed by atoms with van der Waals surface area (Å²) in [5.41, 5.74) is 2.35. The number of methoxy groups -OCH3 is 1. The van der Waals surface area contributed by atoms with Crippen LogP contribution < -0.4 is 10.1 Å². The Hall–Kier alpha value is -1.65. The predicted molar refractivity (Wildman–Crippen MR) is 89.6 cm³/mol. The van der Waals surface area contributed by atoms with E-state index in [0.717, 1.165) is 5.75 Å². The van der Waals surface area contributed by atoms with Crippen LogP contribution in [0.15, 0.2) is 42.5 Å². The largest absolute Gasteiger partial charge is 0.495 e. The van der Waals surface area contributed by atoms with Crippen molar-refractivity contribution in [3.63, 3.8) is 0 Å². The van der Waals surface area contributed by atoms with Gasteiger partial charge in [-0.1, -0.05) is 23.7 Å². The van der Waals surface area contributed by atoms with Gasteiger partial charge in [-0.3, -0.25) is 4.79 Å². The van der Waals surface area contributed by atoms with E-state index in [9.17, 15) is 4.79 Å². The molecule has 0 fully saturated rings. The van der Waals surface area contributed by atoms with Crippen molar-refractivity contribution in [1.29, 1.82) is 0 Å². The first kappa shape index (κ1) is 15.7. The lowest BCUT2D eigenvalue weighted by Gasteiger charge is -2.10. The third kappa shape index (κ3) is 4.16. The first-order valence-corrected chi connectivity index (χ1v) is 8.14. The first-order valence-electron chi connectivity index (χ1n) is 6.37. The fourth-order valence-electron chi connectivity index (χ4n) is 1.89. The molecule has 2 aromatic rings. The number of carbonyl (C=O) groups excluding carboxylic acids is 1. The molecule has 1 amide bonds. The zero-order valence-electron chi connectivity index (χ0n) is 11.9. The molecule has 0 aliphatic heterocycles. The van der Waals surface area contributed by atoms with Crippen LogP contribution in [0.5, 0.6) is 5.75 Å². The standard InChI is InChI=1S/C16H16ClNO2S/c1-20-15-8-7-13(17)9-14(15)18-16(19)12-5-3-11(4-6-12)10-21-2/h3-9H,10H2,1-2H3,(H,18,19). The van der Waals surface area contributed by atoms with Crippen LogP contribution in [0.25, 0.3) is 0 Å². The average molecular weight is 322 g/mol. The molecule has 0 aliphatic carbocycles. The molecule has 0 saturated carbocycles. The monoisotopic (exact) mass is 321 g/mol. The van der Waals surface area contributed by atoms with Gasteiger partial charge in [0.25, 0.3) is 5.91 Å². The highest BCUT2D eigenvalue weighted by Gasteiger charge is 2.10. The van der Waals surface area contributed by atoms with E-state index in [-0.39, 0.29) is 5.91 Å². The SMILES string of the molecule is COc1ccc(Cl)cc1NC(=O)c1ccc(CSC)cc1. The molecule has 2 rings (SSSR count). The highest BCUT2D eigenvalue weighted by atomic mass is 35.5. The third-order valence-corrected chi connectivity index (χ3v) is 3.79. The lowest BCUT2D eigenvalue weighted by Crippen LogP contribution is -2.12. The van der Waals surface area contributed by atoms with Gasteiger partial charge in [0.1, 0.15) is 5.75 Å². The molecule has 5 heteroatoms. The van der Waals surface area contributed by atoms with Crippen LogP contribution >= 0.6 is 23.4 Å². The lowest BCUT2D eigenvalue weighted by molar-refractivity contribution is 0.102. The second-order valence-corrected chi connectivity index (χ2v) is 5.73. The molecule has 0 heterocycles. The van der Waals surface area contributed by atoms with E-state index in [0.29, 0.717) is 22.0 Å². The number of rotatable bonds is 5. The predicted octanol–water partition coefficient (Wildman–Crippen LogP) is 4.46. The van der Waals surface area contributed by atoms with Crippen LogP contribution in [-0.4, -0.2) is 19.3 Å². The summed E-state index contributed by atoms with van der Waals surface area (Å²) in [6.45, 7) is 0. The van der Waals surface area contributed by atoms with Crippen molar-refractivity contribution in [2.75, 3.05) is 18.7 Å². The fraction of sp³-hybridized carbons (Fsp3) is 0.188. The van der Waals surface area contributed by atoms with E-state index in [1.165, 1.54) is 5.56 Å². The Morgan fingerprint density at radius 1 is 1.24 bits per heavy atom. The average Bonchev–Trinajstić information content (AvgIpc) is 2.48. The summed E-state index contributed by atoms with van der Waals surface area (Å²) in [5, 5.41) is 3.36. The number of thioether (sulfide) groups is 1. The second-order valence-electron chi connectivity index (χ2n) is 4.43. The van der Waals surface area contributed by atoms with Crippen molar-refractivity contribution in [3.8, 4) is 5.75 Å². The summed E-state index contributed by atoms with van der Waals surface area (Å²) in [4.78, 5) is 12.2. The summed E-state index contributed by atoms with van der Waals surface area (Å²) >= 11 is 7.70. The zero-order valence-corrected chi connectivity index (χ0v) is 13.4. The number of hydrogen-bond acceptors (Lipinski definition) is 3. The quantitative estimate of drug-likeness (QED) is 0.883. The molecule has 1 N–H and O–H groups in total. The Kier molecular flexibility index (Phi) is 5.53.